The fourth-order valence-corrected chi connectivity index (χ4v) is 3.94. The lowest BCUT2D eigenvalue weighted by Gasteiger charge is -2.16. The number of halogens is 2. The number of rotatable bonds is 11. The zero-order valence-electron chi connectivity index (χ0n) is 15.9. The van der Waals surface area contributed by atoms with Crippen LogP contribution in [0.3, 0.4) is 0 Å². The molecule has 8 nitrogen and oxygen atoms in total. The number of ether oxygens (including phenoxy) is 1. The van der Waals surface area contributed by atoms with Gasteiger partial charge in [0.25, 0.3) is 6.43 Å². The standard InChI is InChI=1S/C18H25F2N3O5S/c1-13(14-6-5-7-15(10-14)28-12-16(19)20)22-29(26,27)9-4-2-3-8-23-11-17(24)21-18(23)25/h2-3,5-7,10,13,16,18,22,25H,4,8-9,11-12H2,1H3,(H,21,24)/b3-2+/t13-,18?/m1/s1. The molecule has 11 heteroatoms. The molecule has 1 amide bonds. The molecule has 1 aliphatic heterocycles. The van der Waals surface area contributed by atoms with E-state index in [1.807, 2.05) is 0 Å². The molecule has 29 heavy (non-hydrogen) atoms. The topological polar surface area (TPSA) is 108 Å². The molecule has 0 saturated carbocycles. The first-order valence-corrected chi connectivity index (χ1v) is 10.7. The molecule has 162 valence electrons. The van der Waals surface area contributed by atoms with E-state index < -0.39 is 35.4 Å². The first-order valence-electron chi connectivity index (χ1n) is 9.03. The molecule has 2 atom stereocenters. The smallest absolute Gasteiger partial charge is 0.272 e. The van der Waals surface area contributed by atoms with Gasteiger partial charge in [0.15, 0.2) is 6.35 Å². The number of amides is 1. The Hall–Kier alpha value is -2.08. The summed E-state index contributed by atoms with van der Waals surface area (Å²) >= 11 is 0. The first-order chi connectivity index (χ1) is 13.7. The Morgan fingerprint density at radius 3 is 2.83 bits per heavy atom. The Morgan fingerprint density at radius 2 is 2.17 bits per heavy atom. The summed E-state index contributed by atoms with van der Waals surface area (Å²) < 4.78 is 56.5. The van der Waals surface area contributed by atoms with Gasteiger partial charge in [-0.1, -0.05) is 24.3 Å². The monoisotopic (exact) mass is 433 g/mol. The number of carbonyl (C=O) groups is 1. The average Bonchev–Trinajstić information content (AvgIpc) is 2.96. The molecule has 0 radical (unpaired) electrons. The lowest BCUT2D eigenvalue weighted by Crippen LogP contribution is -2.35. The predicted octanol–water partition coefficient (Wildman–Crippen LogP) is 0.965. The number of aliphatic hydroxyl groups excluding tert-OH is 1. The van der Waals surface area contributed by atoms with Gasteiger partial charge >= 0.3 is 0 Å². The van der Waals surface area contributed by atoms with Crippen LogP contribution >= 0.6 is 0 Å². The number of hydrogen-bond acceptors (Lipinski definition) is 6. The third kappa shape index (κ3) is 8.05. The van der Waals surface area contributed by atoms with Crippen LogP contribution in [-0.2, 0) is 14.8 Å². The highest BCUT2D eigenvalue weighted by atomic mass is 32.2. The lowest BCUT2D eigenvalue weighted by atomic mass is 10.1. The number of nitrogens with zero attached hydrogens (tertiary/aromatic N) is 1. The van der Waals surface area contributed by atoms with Crippen LogP contribution < -0.4 is 14.8 Å². The van der Waals surface area contributed by atoms with Crippen LogP contribution in [-0.4, -0.2) is 62.6 Å². The van der Waals surface area contributed by atoms with E-state index in [0.29, 0.717) is 12.1 Å². The maximum Gasteiger partial charge on any atom is 0.272 e. The molecular formula is C18H25F2N3O5S. The molecule has 1 aromatic rings. The van der Waals surface area contributed by atoms with Crippen LogP contribution in [0.2, 0.25) is 0 Å². The van der Waals surface area contributed by atoms with E-state index in [2.05, 4.69) is 10.0 Å². The van der Waals surface area contributed by atoms with Gasteiger partial charge in [0.1, 0.15) is 12.4 Å². The van der Waals surface area contributed by atoms with Crippen molar-refractivity contribution in [3.63, 3.8) is 0 Å². The second-order valence-corrected chi connectivity index (χ2v) is 8.44. The molecule has 3 N–H and O–H groups in total. The van der Waals surface area contributed by atoms with Gasteiger partial charge in [-0.05, 0) is 31.0 Å². The fraction of sp³-hybridized carbons (Fsp3) is 0.500. The predicted molar refractivity (Wildman–Crippen MR) is 103 cm³/mol. The van der Waals surface area contributed by atoms with Gasteiger partial charge in [-0.3, -0.25) is 4.79 Å². The third-order valence-corrected chi connectivity index (χ3v) is 5.62. The molecule has 0 aromatic heterocycles. The Kier molecular flexibility index (Phi) is 8.50. The number of alkyl halides is 2. The van der Waals surface area contributed by atoms with Gasteiger partial charge in [0.2, 0.25) is 15.9 Å². The van der Waals surface area contributed by atoms with Gasteiger partial charge in [-0.15, -0.1) is 0 Å². The summed E-state index contributed by atoms with van der Waals surface area (Å²) in [6.07, 6.45) is -0.0120. The van der Waals surface area contributed by atoms with Crippen molar-refractivity contribution in [2.75, 3.05) is 25.4 Å². The van der Waals surface area contributed by atoms with Gasteiger partial charge in [0, 0.05) is 12.6 Å². The Morgan fingerprint density at radius 1 is 1.41 bits per heavy atom. The second kappa shape index (κ2) is 10.6. The summed E-state index contributed by atoms with van der Waals surface area (Å²) in [5, 5.41) is 11.9. The highest BCUT2D eigenvalue weighted by Crippen LogP contribution is 2.20. The van der Waals surface area contributed by atoms with E-state index in [0.717, 1.165) is 0 Å². The van der Waals surface area contributed by atoms with Crippen LogP contribution in [0.15, 0.2) is 36.4 Å². The highest BCUT2D eigenvalue weighted by Gasteiger charge is 2.26. The second-order valence-electron chi connectivity index (χ2n) is 6.56. The van der Waals surface area contributed by atoms with Crippen LogP contribution in [0.1, 0.15) is 24.9 Å². The zero-order valence-corrected chi connectivity index (χ0v) is 16.7. The van der Waals surface area contributed by atoms with E-state index in [1.165, 1.54) is 17.0 Å². The quantitative estimate of drug-likeness (QED) is 0.449. The molecule has 1 aliphatic rings. The van der Waals surface area contributed by atoms with Crippen molar-refractivity contribution in [1.82, 2.24) is 14.9 Å². The summed E-state index contributed by atoms with van der Waals surface area (Å²) in [5.41, 5.74) is 0.594. The summed E-state index contributed by atoms with van der Waals surface area (Å²) in [6.45, 7) is 1.32. The number of allylic oxidation sites excluding steroid dienone is 1. The summed E-state index contributed by atoms with van der Waals surface area (Å²) in [7, 11) is -3.58. The largest absolute Gasteiger partial charge is 0.488 e. The number of nitrogens with one attached hydrogen (secondary N) is 2. The molecule has 0 bridgehead atoms. The fourth-order valence-electron chi connectivity index (χ4n) is 2.70. The van der Waals surface area contributed by atoms with Gasteiger partial charge < -0.3 is 15.2 Å². The van der Waals surface area contributed by atoms with Crippen molar-refractivity contribution in [3.05, 3.63) is 42.0 Å². The number of benzene rings is 1. The Labute approximate surface area is 168 Å². The van der Waals surface area contributed by atoms with E-state index in [4.69, 9.17) is 4.74 Å². The van der Waals surface area contributed by atoms with Crippen LogP contribution in [0.25, 0.3) is 0 Å². The van der Waals surface area contributed by atoms with E-state index >= 15 is 0 Å². The van der Waals surface area contributed by atoms with Crippen molar-refractivity contribution in [2.45, 2.75) is 32.2 Å². The van der Waals surface area contributed by atoms with Crippen molar-refractivity contribution < 1.29 is 31.8 Å². The lowest BCUT2D eigenvalue weighted by molar-refractivity contribution is -0.119. The zero-order chi connectivity index (χ0) is 21.4. The SMILES string of the molecule is C[C@@H](NS(=O)(=O)CC/C=C/CN1CC(=O)NC1O)c1cccc(OCC(F)F)c1. The van der Waals surface area contributed by atoms with Gasteiger partial charge in [-0.25, -0.2) is 26.8 Å². The normalized spacial score (nSPS) is 19.1. The molecule has 1 fully saturated rings. The van der Waals surface area contributed by atoms with E-state index in [-0.39, 0.29) is 30.4 Å². The van der Waals surface area contributed by atoms with Crippen LogP contribution in [0.4, 0.5) is 8.78 Å². The first kappa shape index (κ1) is 23.2. The minimum atomic E-state index is -3.58. The summed E-state index contributed by atoms with van der Waals surface area (Å²) in [4.78, 5) is 12.6. The molecule has 1 unspecified atom stereocenters. The van der Waals surface area contributed by atoms with E-state index in [1.54, 1.807) is 31.2 Å². The molecule has 0 spiro atoms. The molecule has 1 heterocycles. The number of carbonyl (C=O) groups excluding carboxylic acids is 1. The number of sulfonamides is 1. The third-order valence-electron chi connectivity index (χ3n) is 4.13. The minimum absolute atomic E-state index is 0.0863. The molecule has 0 aliphatic carbocycles. The van der Waals surface area contributed by atoms with Crippen molar-refractivity contribution in [1.29, 1.82) is 0 Å². The van der Waals surface area contributed by atoms with E-state index in [9.17, 15) is 27.1 Å². The van der Waals surface area contributed by atoms with Crippen LogP contribution in [0.5, 0.6) is 5.75 Å². The van der Waals surface area contributed by atoms with Gasteiger partial charge in [-0.2, -0.15) is 0 Å². The maximum atomic E-state index is 12.2. The maximum absolute atomic E-state index is 12.2. The molecular weight excluding hydrogens is 408 g/mol. The number of aliphatic hydroxyl groups is 1. The van der Waals surface area contributed by atoms with Gasteiger partial charge in [0.05, 0.1) is 12.3 Å². The van der Waals surface area contributed by atoms with Crippen molar-refractivity contribution in [2.24, 2.45) is 0 Å². The Bertz CT molecular complexity index is 819. The van der Waals surface area contributed by atoms with Crippen LogP contribution in [0, 0.1) is 0 Å². The minimum Gasteiger partial charge on any atom is -0.488 e. The number of hydrogen-bond donors (Lipinski definition) is 3. The summed E-state index contributed by atoms with van der Waals surface area (Å²) in [5.74, 6) is -0.168. The summed E-state index contributed by atoms with van der Waals surface area (Å²) in [6, 6.07) is 5.77. The van der Waals surface area contributed by atoms with Crippen molar-refractivity contribution in [3.8, 4) is 5.75 Å². The average molecular weight is 433 g/mol. The molecule has 1 saturated heterocycles. The highest BCUT2D eigenvalue weighted by molar-refractivity contribution is 7.89. The molecule has 2 rings (SSSR count). The van der Waals surface area contributed by atoms with Crippen molar-refractivity contribution >= 4 is 15.9 Å². The Balaban J connectivity index is 1.80. The molecule has 1 aromatic carbocycles.